The summed E-state index contributed by atoms with van der Waals surface area (Å²) in [4.78, 5) is 0. The third kappa shape index (κ3) is 3.00. The number of thioether (sulfide) groups is 1. The van der Waals surface area contributed by atoms with Gasteiger partial charge in [-0.25, -0.2) is 0 Å². The van der Waals surface area contributed by atoms with Crippen LogP contribution in [0, 0.1) is 0 Å². The molecule has 0 fully saturated rings. The van der Waals surface area contributed by atoms with E-state index >= 15 is 0 Å². The molecule has 0 bridgehead atoms. The lowest BCUT2D eigenvalue weighted by Crippen LogP contribution is -2.14. The monoisotopic (exact) mass is 247 g/mol. The summed E-state index contributed by atoms with van der Waals surface area (Å²) in [5, 5.41) is 11.2. The number of fused-ring (bicyclic) bond motifs is 1. The molecule has 1 unspecified atom stereocenters. The maximum absolute atomic E-state index is 8.76. The molecule has 2 aromatic rings. The van der Waals surface area contributed by atoms with Gasteiger partial charge in [0.05, 0.1) is 6.61 Å². The van der Waals surface area contributed by atoms with E-state index in [-0.39, 0.29) is 12.6 Å². The lowest BCUT2D eigenvalue weighted by Gasteiger charge is -2.14. The maximum Gasteiger partial charge on any atom is 0.0521 e. The molecule has 0 spiro atoms. The zero-order valence-corrected chi connectivity index (χ0v) is 10.5. The molecule has 2 rings (SSSR count). The van der Waals surface area contributed by atoms with Crippen LogP contribution in [0.3, 0.4) is 0 Å². The van der Waals surface area contributed by atoms with E-state index in [1.54, 1.807) is 11.8 Å². The molecule has 3 N–H and O–H groups in total. The SMILES string of the molecule is NC(CSCCO)c1cccc2ccccc12. The average Bonchev–Trinajstić information content (AvgIpc) is 2.38. The van der Waals surface area contributed by atoms with E-state index in [0.29, 0.717) is 0 Å². The minimum absolute atomic E-state index is 0.0256. The summed E-state index contributed by atoms with van der Waals surface area (Å²) in [7, 11) is 0. The van der Waals surface area contributed by atoms with Gasteiger partial charge in [0.25, 0.3) is 0 Å². The van der Waals surface area contributed by atoms with Gasteiger partial charge in [-0.15, -0.1) is 0 Å². The van der Waals surface area contributed by atoms with E-state index in [9.17, 15) is 0 Å². The van der Waals surface area contributed by atoms with Crippen molar-refractivity contribution in [2.24, 2.45) is 5.73 Å². The molecule has 0 aliphatic heterocycles. The highest BCUT2D eigenvalue weighted by molar-refractivity contribution is 7.99. The predicted octanol–water partition coefficient (Wildman–Crippen LogP) is 2.57. The van der Waals surface area contributed by atoms with Gasteiger partial charge in [0.2, 0.25) is 0 Å². The first-order chi connectivity index (χ1) is 8.33. The Morgan fingerprint density at radius 2 is 1.88 bits per heavy atom. The number of aliphatic hydroxyl groups excluding tert-OH is 1. The van der Waals surface area contributed by atoms with Gasteiger partial charge >= 0.3 is 0 Å². The van der Waals surface area contributed by atoms with E-state index in [1.165, 1.54) is 16.3 Å². The lowest BCUT2D eigenvalue weighted by molar-refractivity contribution is 0.322. The third-order valence-electron chi connectivity index (χ3n) is 2.76. The van der Waals surface area contributed by atoms with Crippen molar-refractivity contribution in [1.29, 1.82) is 0 Å². The summed E-state index contributed by atoms with van der Waals surface area (Å²) in [5.41, 5.74) is 7.39. The average molecular weight is 247 g/mol. The largest absolute Gasteiger partial charge is 0.396 e. The van der Waals surface area contributed by atoms with Gasteiger partial charge in [-0.1, -0.05) is 42.5 Å². The number of hydrogen-bond acceptors (Lipinski definition) is 3. The van der Waals surface area contributed by atoms with Gasteiger partial charge < -0.3 is 10.8 Å². The quantitative estimate of drug-likeness (QED) is 0.798. The molecular weight excluding hydrogens is 230 g/mol. The van der Waals surface area contributed by atoms with E-state index in [1.807, 2.05) is 18.2 Å². The molecule has 3 heteroatoms. The highest BCUT2D eigenvalue weighted by atomic mass is 32.2. The fourth-order valence-electron chi connectivity index (χ4n) is 1.94. The molecule has 1 atom stereocenters. The Balaban J connectivity index is 2.22. The molecule has 0 radical (unpaired) electrons. The molecular formula is C14H17NOS. The molecule has 0 heterocycles. The Bertz CT molecular complexity index is 481. The van der Waals surface area contributed by atoms with Crippen LogP contribution in [0.25, 0.3) is 10.8 Å². The summed E-state index contributed by atoms with van der Waals surface area (Å²) in [5.74, 6) is 1.59. The molecule has 0 aromatic heterocycles. The van der Waals surface area contributed by atoms with Crippen molar-refractivity contribution in [3.8, 4) is 0 Å². The molecule has 90 valence electrons. The Hall–Kier alpha value is -1.03. The topological polar surface area (TPSA) is 46.2 Å². The standard InChI is InChI=1S/C14H17NOS/c15-14(10-17-9-8-16)13-7-3-5-11-4-1-2-6-12(11)13/h1-7,14,16H,8-10,15H2. The van der Waals surface area contributed by atoms with Crippen LogP contribution in [0.5, 0.6) is 0 Å². The number of rotatable bonds is 5. The highest BCUT2D eigenvalue weighted by Crippen LogP contribution is 2.24. The molecule has 0 aliphatic carbocycles. The Morgan fingerprint density at radius 3 is 2.71 bits per heavy atom. The summed E-state index contributed by atoms with van der Waals surface area (Å²) < 4.78 is 0. The second-order valence-corrected chi connectivity index (χ2v) is 5.12. The molecule has 0 aliphatic rings. The number of aliphatic hydroxyl groups is 1. The van der Waals surface area contributed by atoms with Crippen LogP contribution in [0.15, 0.2) is 42.5 Å². The fraction of sp³-hybridized carbons (Fsp3) is 0.286. The van der Waals surface area contributed by atoms with Gasteiger partial charge in [0.1, 0.15) is 0 Å². The molecule has 17 heavy (non-hydrogen) atoms. The Labute approximate surface area is 106 Å². The zero-order chi connectivity index (χ0) is 12.1. The first-order valence-corrected chi connectivity index (χ1v) is 6.90. The minimum atomic E-state index is 0.0256. The van der Waals surface area contributed by atoms with Crippen LogP contribution in [0.1, 0.15) is 11.6 Å². The molecule has 2 aromatic carbocycles. The number of nitrogens with two attached hydrogens (primary N) is 1. The van der Waals surface area contributed by atoms with Gasteiger partial charge in [0, 0.05) is 17.5 Å². The van der Waals surface area contributed by atoms with E-state index < -0.39 is 0 Å². The van der Waals surface area contributed by atoms with Crippen molar-refractivity contribution in [3.05, 3.63) is 48.0 Å². The molecule has 0 saturated heterocycles. The minimum Gasteiger partial charge on any atom is -0.396 e. The van der Waals surface area contributed by atoms with Crippen LogP contribution in [0.2, 0.25) is 0 Å². The summed E-state index contributed by atoms with van der Waals surface area (Å²) in [6.07, 6.45) is 0. The number of hydrogen-bond donors (Lipinski definition) is 2. The van der Waals surface area contributed by atoms with Crippen molar-refractivity contribution in [3.63, 3.8) is 0 Å². The summed E-state index contributed by atoms with van der Waals surface area (Å²) in [6, 6.07) is 14.6. The van der Waals surface area contributed by atoms with E-state index in [0.717, 1.165) is 11.5 Å². The van der Waals surface area contributed by atoms with E-state index in [4.69, 9.17) is 10.8 Å². The third-order valence-corrected chi connectivity index (χ3v) is 3.82. The Morgan fingerprint density at radius 1 is 1.12 bits per heavy atom. The second kappa shape index (κ2) is 6.05. The lowest BCUT2D eigenvalue weighted by atomic mass is 10.0. The van der Waals surface area contributed by atoms with E-state index in [2.05, 4.69) is 24.3 Å². The van der Waals surface area contributed by atoms with Crippen molar-refractivity contribution in [2.45, 2.75) is 6.04 Å². The van der Waals surface area contributed by atoms with Crippen LogP contribution < -0.4 is 5.73 Å². The van der Waals surface area contributed by atoms with Crippen LogP contribution >= 0.6 is 11.8 Å². The molecule has 0 saturated carbocycles. The number of benzene rings is 2. The van der Waals surface area contributed by atoms with Crippen LogP contribution in [-0.4, -0.2) is 23.2 Å². The van der Waals surface area contributed by atoms with Crippen LogP contribution in [-0.2, 0) is 0 Å². The van der Waals surface area contributed by atoms with Crippen molar-refractivity contribution >= 4 is 22.5 Å². The molecule has 2 nitrogen and oxygen atoms in total. The van der Waals surface area contributed by atoms with Gasteiger partial charge in [0.15, 0.2) is 0 Å². The van der Waals surface area contributed by atoms with Crippen molar-refractivity contribution in [1.82, 2.24) is 0 Å². The van der Waals surface area contributed by atoms with Gasteiger partial charge in [-0.3, -0.25) is 0 Å². The smallest absolute Gasteiger partial charge is 0.0521 e. The summed E-state index contributed by atoms with van der Waals surface area (Å²) >= 11 is 1.69. The first-order valence-electron chi connectivity index (χ1n) is 5.75. The first kappa shape index (κ1) is 12.4. The van der Waals surface area contributed by atoms with Crippen LogP contribution in [0.4, 0.5) is 0 Å². The normalized spacial score (nSPS) is 12.8. The van der Waals surface area contributed by atoms with Crippen molar-refractivity contribution in [2.75, 3.05) is 18.1 Å². The van der Waals surface area contributed by atoms with Gasteiger partial charge in [-0.2, -0.15) is 11.8 Å². The van der Waals surface area contributed by atoms with Gasteiger partial charge in [-0.05, 0) is 16.3 Å². The Kier molecular flexibility index (Phi) is 4.42. The zero-order valence-electron chi connectivity index (χ0n) is 9.67. The fourth-order valence-corrected chi connectivity index (χ4v) is 2.67. The van der Waals surface area contributed by atoms with Crippen molar-refractivity contribution < 1.29 is 5.11 Å². The summed E-state index contributed by atoms with van der Waals surface area (Å²) in [6.45, 7) is 0.215. The second-order valence-electron chi connectivity index (χ2n) is 3.97. The molecule has 0 amide bonds. The maximum atomic E-state index is 8.76. The predicted molar refractivity (Wildman–Crippen MR) is 75.3 cm³/mol. The highest BCUT2D eigenvalue weighted by Gasteiger charge is 2.09.